The van der Waals surface area contributed by atoms with E-state index >= 15 is 0 Å². The van der Waals surface area contributed by atoms with Crippen LogP contribution in [-0.4, -0.2) is 58.1 Å². The van der Waals surface area contributed by atoms with Crippen LogP contribution >= 0.6 is 0 Å². The number of carbonyl (C=O) groups excluding carboxylic acids is 1. The number of carbonyl (C=O) groups is 1. The van der Waals surface area contributed by atoms with Crippen molar-refractivity contribution >= 4 is 11.9 Å². The van der Waals surface area contributed by atoms with Crippen LogP contribution in [0.15, 0.2) is 47.5 Å². The van der Waals surface area contributed by atoms with E-state index in [2.05, 4.69) is 34.7 Å². The second-order valence-corrected chi connectivity index (χ2v) is 7.14. The Balaban J connectivity index is 1.82. The summed E-state index contributed by atoms with van der Waals surface area (Å²) in [5.41, 5.74) is 4.23. The van der Waals surface area contributed by atoms with Crippen LogP contribution in [0.4, 0.5) is 0 Å². The molecule has 2 aromatic rings. The van der Waals surface area contributed by atoms with Gasteiger partial charge >= 0.3 is 0 Å². The number of hydrogen-bond acceptors (Lipinski definition) is 3. The third-order valence-corrected chi connectivity index (χ3v) is 4.63. The minimum absolute atomic E-state index is 0.0175. The summed E-state index contributed by atoms with van der Waals surface area (Å²) in [5.74, 6) is 1.69. The zero-order valence-electron chi connectivity index (χ0n) is 18.1. The summed E-state index contributed by atoms with van der Waals surface area (Å²) in [5, 5.41) is 6.67. The van der Waals surface area contributed by atoms with Gasteiger partial charge in [-0.3, -0.25) is 9.79 Å². The molecule has 0 spiro atoms. The van der Waals surface area contributed by atoms with Crippen molar-refractivity contribution in [1.82, 2.24) is 15.5 Å². The molecule has 2 rings (SSSR count). The number of nitrogens with one attached hydrogen (secondary N) is 2. The molecule has 0 bridgehead atoms. The molecule has 0 saturated heterocycles. The number of guanidine groups is 1. The second kappa shape index (κ2) is 11.1. The average molecular weight is 397 g/mol. The highest BCUT2D eigenvalue weighted by Gasteiger charge is 2.08. The lowest BCUT2D eigenvalue weighted by atomic mass is 10.1. The maximum Gasteiger partial charge on any atom is 0.253 e. The lowest BCUT2D eigenvalue weighted by molar-refractivity contribution is 0.0827. The van der Waals surface area contributed by atoms with Crippen molar-refractivity contribution in [2.75, 3.05) is 41.3 Å². The normalized spacial score (nSPS) is 11.1. The lowest BCUT2D eigenvalue weighted by Gasteiger charge is -2.14. The van der Waals surface area contributed by atoms with Crippen molar-refractivity contribution in [2.24, 2.45) is 4.99 Å². The van der Waals surface area contributed by atoms with E-state index in [0.29, 0.717) is 5.56 Å². The van der Waals surface area contributed by atoms with Gasteiger partial charge in [-0.1, -0.05) is 29.8 Å². The minimum atomic E-state index is 0.0175. The van der Waals surface area contributed by atoms with E-state index in [1.807, 2.05) is 30.3 Å². The van der Waals surface area contributed by atoms with E-state index in [0.717, 1.165) is 43.2 Å². The molecule has 0 atom stereocenters. The fourth-order valence-corrected chi connectivity index (χ4v) is 3.08. The van der Waals surface area contributed by atoms with Crippen LogP contribution in [-0.2, 0) is 12.8 Å². The Hall–Kier alpha value is -3.02. The van der Waals surface area contributed by atoms with Crippen molar-refractivity contribution < 1.29 is 9.53 Å². The van der Waals surface area contributed by atoms with E-state index in [1.54, 1.807) is 33.2 Å². The van der Waals surface area contributed by atoms with Crippen molar-refractivity contribution in [1.29, 1.82) is 0 Å². The van der Waals surface area contributed by atoms with Gasteiger partial charge in [0.1, 0.15) is 5.75 Å². The van der Waals surface area contributed by atoms with Gasteiger partial charge < -0.3 is 20.3 Å². The van der Waals surface area contributed by atoms with Crippen LogP contribution in [0.3, 0.4) is 0 Å². The first-order valence-electron chi connectivity index (χ1n) is 9.83. The number of nitrogens with zero attached hydrogens (tertiary/aromatic N) is 2. The molecule has 0 saturated carbocycles. The molecule has 0 aliphatic heterocycles. The molecular formula is C23H32N4O2. The topological polar surface area (TPSA) is 66.0 Å². The molecule has 2 N–H and O–H groups in total. The summed E-state index contributed by atoms with van der Waals surface area (Å²) in [6.45, 7) is 3.57. The molecule has 0 fully saturated rings. The summed E-state index contributed by atoms with van der Waals surface area (Å²) in [6.07, 6.45) is 1.65. The second-order valence-electron chi connectivity index (χ2n) is 7.14. The molecule has 0 unspecified atom stereocenters. The molecular weight excluding hydrogens is 364 g/mol. The Bertz CT molecular complexity index is 847. The van der Waals surface area contributed by atoms with Crippen LogP contribution in [0.25, 0.3) is 0 Å². The van der Waals surface area contributed by atoms with Crippen LogP contribution < -0.4 is 15.4 Å². The summed E-state index contributed by atoms with van der Waals surface area (Å²) in [6, 6.07) is 14.0. The standard InChI is InChI=1S/C23H32N4O2/c1-17-9-10-21(29-5)19(15-17)12-14-26-23(24-2)25-13-11-18-7-6-8-20(16-18)22(28)27(3)4/h6-10,15-16H,11-14H2,1-5H3,(H2,24,25,26). The maximum absolute atomic E-state index is 12.1. The molecule has 1 amide bonds. The van der Waals surface area contributed by atoms with Gasteiger partial charge in [0.05, 0.1) is 7.11 Å². The molecule has 0 aliphatic carbocycles. The van der Waals surface area contributed by atoms with Crippen molar-refractivity contribution in [3.05, 3.63) is 64.7 Å². The quantitative estimate of drug-likeness (QED) is 0.532. The number of rotatable bonds is 8. The van der Waals surface area contributed by atoms with E-state index in [-0.39, 0.29) is 5.91 Å². The number of methoxy groups -OCH3 is 1. The number of aliphatic imine (C=N–C) groups is 1. The van der Waals surface area contributed by atoms with Crippen LogP contribution in [0.1, 0.15) is 27.0 Å². The molecule has 6 heteroatoms. The molecule has 2 aromatic carbocycles. The number of amides is 1. The number of aryl methyl sites for hydroxylation is 1. The third kappa shape index (κ3) is 6.82. The largest absolute Gasteiger partial charge is 0.496 e. The third-order valence-electron chi connectivity index (χ3n) is 4.63. The molecule has 0 radical (unpaired) electrons. The van der Waals surface area contributed by atoms with Crippen LogP contribution in [0, 0.1) is 6.92 Å². The van der Waals surface area contributed by atoms with Gasteiger partial charge in [-0.2, -0.15) is 0 Å². The van der Waals surface area contributed by atoms with Gasteiger partial charge in [0.15, 0.2) is 5.96 Å². The van der Waals surface area contributed by atoms with Gasteiger partial charge in [-0.15, -0.1) is 0 Å². The van der Waals surface area contributed by atoms with Crippen molar-refractivity contribution in [3.8, 4) is 5.75 Å². The molecule has 29 heavy (non-hydrogen) atoms. The Morgan fingerprint density at radius 1 is 1.07 bits per heavy atom. The highest BCUT2D eigenvalue weighted by Crippen LogP contribution is 2.19. The fraction of sp³-hybridized carbons (Fsp3) is 0.391. The Kier molecular flexibility index (Phi) is 8.52. The molecule has 0 aliphatic rings. The van der Waals surface area contributed by atoms with E-state index < -0.39 is 0 Å². The average Bonchev–Trinajstić information content (AvgIpc) is 2.72. The highest BCUT2D eigenvalue weighted by molar-refractivity contribution is 5.94. The van der Waals surface area contributed by atoms with E-state index in [1.165, 1.54) is 11.1 Å². The van der Waals surface area contributed by atoms with E-state index in [9.17, 15) is 4.79 Å². The van der Waals surface area contributed by atoms with Gasteiger partial charge in [-0.25, -0.2) is 0 Å². The SMILES string of the molecule is CN=C(NCCc1cccc(C(=O)N(C)C)c1)NCCc1cc(C)ccc1OC. The van der Waals surface area contributed by atoms with Gasteiger partial charge in [0.2, 0.25) is 0 Å². The van der Waals surface area contributed by atoms with Crippen molar-refractivity contribution in [3.63, 3.8) is 0 Å². The summed E-state index contributed by atoms with van der Waals surface area (Å²) < 4.78 is 5.44. The molecule has 0 aromatic heterocycles. The van der Waals surface area contributed by atoms with Gasteiger partial charge in [0.25, 0.3) is 5.91 Å². The summed E-state index contributed by atoms with van der Waals surface area (Å²) in [7, 11) is 6.99. The first-order valence-corrected chi connectivity index (χ1v) is 9.83. The van der Waals surface area contributed by atoms with Gasteiger partial charge in [-0.05, 0) is 49.1 Å². The highest BCUT2D eigenvalue weighted by atomic mass is 16.5. The Morgan fingerprint density at radius 2 is 1.79 bits per heavy atom. The number of ether oxygens (including phenoxy) is 1. The zero-order valence-corrected chi connectivity index (χ0v) is 18.1. The van der Waals surface area contributed by atoms with E-state index in [4.69, 9.17) is 4.74 Å². The first kappa shape index (κ1) is 22.3. The van der Waals surface area contributed by atoms with Crippen molar-refractivity contribution in [2.45, 2.75) is 19.8 Å². The maximum atomic E-state index is 12.1. The van der Waals surface area contributed by atoms with Gasteiger partial charge in [0, 0.05) is 39.8 Å². The lowest BCUT2D eigenvalue weighted by Crippen LogP contribution is -2.39. The first-order chi connectivity index (χ1) is 13.9. The molecule has 6 nitrogen and oxygen atoms in total. The smallest absolute Gasteiger partial charge is 0.253 e. The predicted molar refractivity (Wildman–Crippen MR) is 119 cm³/mol. The zero-order chi connectivity index (χ0) is 21.2. The summed E-state index contributed by atoms with van der Waals surface area (Å²) >= 11 is 0. The predicted octanol–water partition coefficient (Wildman–Crippen LogP) is 2.66. The molecule has 156 valence electrons. The number of benzene rings is 2. The Labute approximate surface area is 174 Å². The fourth-order valence-electron chi connectivity index (χ4n) is 3.08. The van der Waals surface area contributed by atoms with Crippen LogP contribution in [0.2, 0.25) is 0 Å². The monoisotopic (exact) mass is 396 g/mol. The van der Waals surface area contributed by atoms with Crippen LogP contribution in [0.5, 0.6) is 5.75 Å². The molecule has 0 heterocycles. The number of hydrogen-bond donors (Lipinski definition) is 2. The Morgan fingerprint density at radius 3 is 2.45 bits per heavy atom. The summed E-state index contributed by atoms with van der Waals surface area (Å²) in [4.78, 5) is 18.0. The minimum Gasteiger partial charge on any atom is -0.496 e.